The van der Waals surface area contributed by atoms with Crippen LogP contribution in [0, 0.1) is 5.92 Å². The van der Waals surface area contributed by atoms with Gasteiger partial charge >= 0.3 is 0 Å². The van der Waals surface area contributed by atoms with E-state index in [1.54, 1.807) is 0 Å². The van der Waals surface area contributed by atoms with Gasteiger partial charge in [-0.15, -0.1) is 0 Å². The fourth-order valence-electron chi connectivity index (χ4n) is 1.10. The molecule has 0 unspecified atom stereocenters. The van der Waals surface area contributed by atoms with Crippen molar-refractivity contribution in [2.24, 2.45) is 5.92 Å². The molecule has 0 aliphatic heterocycles. The van der Waals surface area contributed by atoms with Crippen molar-refractivity contribution in [3.05, 3.63) is 12.2 Å². The van der Waals surface area contributed by atoms with E-state index in [0.29, 0.717) is 0 Å². The highest BCUT2D eigenvalue weighted by molar-refractivity contribution is 4.79. The average Bonchev–Trinajstić information content (AvgIpc) is 1.96. The average molecular weight is 154 g/mol. The molecule has 0 aromatic heterocycles. The van der Waals surface area contributed by atoms with E-state index < -0.39 is 0 Å². The Morgan fingerprint density at radius 1 is 1.09 bits per heavy atom. The number of hydrogen-bond donors (Lipinski definition) is 0. The molecule has 0 spiro atoms. The van der Waals surface area contributed by atoms with E-state index >= 15 is 0 Å². The van der Waals surface area contributed by atoms with E-state index in [2.05, 4.69) is 32.9 Å². The smallest absolute Gasteiger partial charge is 0.0351 e. The molecule has 0 bridgehead atoms. The highest BCUT2D eigenvalue weighted by Crippen LogP contribution is 2.08. The van der Waals surface area contributed by atoms with Crippen LogP contribution in [0.25, 0.3) is 0 Å². The van der Waals surface area contributed by atoms with Gasteiger partial charge in [-0.05, 0) is 25.2 Å². The molecule has 0 saturated heterocycles. The summed E-state index contributed by atoms with van der Waals surface area (Å²) in [6.45, 7) is 6.77. The second-order valence-corrected chi connectivity index (χ2v) is 3.56. The number of unbranched alkanes of at least 4 members (excludes halogenated alkanes) is 2. The van der Waals surface area contributed by atoms with Crippen molar-refractivity contribution in [2.45, 2.75) is 52.9 Å². The first-order valence-corrected chi connectivity index (χ1v) is 4.92. The minimum atomic E-state index is 0.880. The molecule has 0 aliphatic rings. The summed E-state index contributed by atoms with van der Waals surface area (Å²) < 4.78 is 0. The summed E-state index contributed by atoms with van der Waals surface area (Å²) in [5.41, 5.74) is 0. The summed E-state index contributed by atoms with van der Waals surface area (Å²) in [7, 11) is 0. The van der Waals surface area contributed by atoms with Gasteiger partial charge in [-0.25, -0.2) is 0 Å². The molecule has 66 valence electrons. The normalized spacial score (nSPS) is 11.6. The molecule has 0 amide bonds. The Kier molecular flexibility index (Phi) is 7.66. The lowest BCUT2D eigenvalue weighted by Crippen LogP contribution is -1.85. The van der Waals surface area contributed by atoms with Crippen LogP contribution >= 0.6 is 0 Å². The third-order valence-electron chi connectivity index (χ3n) is 1.80. The Bertz CT molecular complexity index is 90.2. The van der Waals surface area contributed by atoms with E-state index in [1.165, 1.54) is 32.1 Å². The maximum absolute atomic E-state index is 2.31. The van der Waals surface area contributed by atoms with Crippen molar-refractivity contribution in [3.63, 3.8) is 0 Å². The van der Waals surface area contributed by atoms with Gasteiger partial charge in [-0.3, -0.25) is 0 Å². The summed E-state index contributed by atoms with van der Waals surface area (Å²) in [5.74, 6) is 0.880. The first-order chi connectivity index (χ1) is 5.27. The maximum atomic E-state index is 2.31. The van der Waals surface area contributed by atoms with Crippen molar-refractivity contribution in [2.75, 3.05) is 0 Å². The summed E-state index contributed by atoms with van der Waals surface area (Å²) in [5, 5.41) is 0. The van der Waals surface area contributed by atoms with Gasteiger partial charge in [-0.2, -0.15) is 0 Å². The zero-order chi connectivity index (χ0) is 8.53. The van der Waals surface area contributed by atoms with Gasteiger partial charge in [-0.1, -0.05) is 45.8 Å². The number of hydrogen-bond acceptors (Lipinski definition) is 0. The zero-order valence-corrected chi connectivity index (χ0v) is 8.27. The topological polar surface area (TPSA) is 0 Å². The summed E-state index contributed by atoms with van der Waals surface area (Å²) in [4.78, 5) is 0. The number of rotatable bonds is 6. The van der Waals surface area contributed by atoms with Gasteiger partial charge in [0, 0.05) is 0 Å². The molecule has 11 heavy (non-hydrogen) atoms. The van der Waals surface area contributed by atoms with Crippen molar-refractivity contribution in [1.29, 1.82) is 0 Å². The van der Waals surface area contributed by atoms with Crippen molar-refractivity contribution < 1.29 is 0 Å². The molecule has 0 heterocycles. The summed E-state index contributed by atoms with van der Waals surface area (Å²) in [6, 6.07) is 0. The van der Waals surface area contributed by atoms with E-state index in [1.807, 2.05) is 0 Å². The molecule has 0 aromatic rings. The fourth-order valence-corrected chi connectivity index (χ4v) is 1.10. The van der Waals surface area contributed by atoms with Gasteiger partial charge < -0.3 is 0 Å². The molecule has 0 radical (unpaired) electrons. The van der Waals surface area contributed by atoms with Gasteiger partial charge in [0.15, 0.2) is 0 Å². The largest absolute Gasteiger partial charge is 0.0888 e. The van der Waals surface area contributed by atoms with Crippen molar-refractivity contribution >= 4 is 0 Å². The van der Waals surface area contributed by atoms with Crippen LogP contribution < -0.4 is 0 Å². The van der Waals surface area contributed by atoms with Crippen LogP contribution in [-0.2, 0) is 0 Å². The fraction of sp³-hybridized carbons (Fsp3) is 0.818. The summed E-state index contributed by atoms with van der Waals surface area (Å²) >= 11 is 0. The van der Waals surface area contributed by atoms with Crippen LogP contribution in [0.1, 0.15) is 52.9 Å². The minimum Gasteiger partial charge on any atom is -0.0888 e. The minimum absolute atomic E-state index is 0.880. The van der Waals surface area contributed by atoms with Crippen LogP contribution in [0.5, 0.6) is 0 Å². The third-order valence-corrected chi connectivity index (χ3v) is 1.80. The van der Waals surface area contributed by atoms with Gasteiger partial charge in [0.05, 0.1) is 0 Å². The second kappa shape index (κ2) is 7.84. The molecular weight excluding hydrogens is 132 g/mol. The molecule has 0 aromatic carbocycles. The molecule has 0 fully saturated rings. The maximum Gasteiger partial charge on any atom is -0.0351 e. The Balaban J connectivity index is 2.96. The summed E-state index contributed by atoms with van der Waals surface area (Å²) in [6.07, 6.45) is 11.2. The van der Waals surface area contributed by atoms with Crippen LogP contribution in [0.2, 0.25) is 0 Å². The van der Waals surface area contributed by atoms with Crippen molar-refractivity contribution in [1.82, 2.24) is 0 Å². The molecule has 0 heteroatoms. The van der Waals surface area contributed by atoms with Crippen LogP contribution in [0.15, 0.2) is 12.2 Å². The molecule has 0 nitrogen and oxygen atoms in total. The highest BCUT2D eigenvalue weighted by Gasteiger charge is 1.91. The van der Waals surface area contributed by atoms with E-state index in [9.17, 15) is 0 Å². The molecule has 0 rings (SSSR count). The molecule has 0 saturated carbocycles. The predicted octanol–water partition coefficient (Wildman–Crippen LogP) is 4.17. The Hall–Kier alpha value is -0.260. The second-order valence-electron chi connectivity index (χ2n) is 3.56. The standard InChI is InChI=1S/C11H22/c1-4-5-6-7-8-9-10-11(2)3/h5-6,11H,4,7-10H2,1-3H3/b6-5+. The zero-order valence-electron chi connectivity index (χ0n) is 8.27. The quantitative estimate of drug-likeness (QED) is 0.398. The van der Waals surface area contributed by atoms with Crippen LogP contribution in [0.3, 0.4) is 0 Å². The van der Waals surface area contributed by atoms with Gasteiger partial charge in [0.1, 0.15) is 0 Å². The van der Waals surface area contributed by atoms with E-state index in [4.69, 9.17) is 0 Å². The molecule has 0 N–H and O–H groups in total. The Labute approximate surface area is 71.7 Å². The number of allylic oxidation sites excluding steroid dienone is 2. The van der Waals surface area contributed by atoms with Crippen LogP contribution in [-0.4, -0.2) is 0 Å². The predicted molar refractivity (Wildman–Crippen MR) is 52.7 cm³/mol. The van der Waals surface area contributed by atoms with Gasteiger partial charge in [0.2, 0.25) is 0 Å². The molecule has 0 atom stereocenters. The lowest BCUT2D eigenvalue weighted by atomic mass is 10.1. The van der Waals surface area contributed by atoms with Crippen LogP contribution in [0.4, 0.5) is 0 Å². The Morgan fingerprint density at radius 3 is 2.36 bits per heavy atom. The lowest BCUT2D eigenvalue weighted by Gasteiger charge is -2.01. The lowest BCUT2D eigenvalue weighted by molar-refractivity contribution is 0.540. The first-order valence-electron chi connectivity index (χ1n) is 4.92. The SMILES string of the molecule is CC/C=C/CCCCC(C)C. The monoisotopic (exact) mass is 154 g/mol. The first kappa shape index (κ1) is 10.7. The highest BCUT2D eigenvalue weighted by atomic mass is 14.0. The van der Waals surface area contributed by atoms with Gasteiger partial charge in [0.25, 0.3) is 0 Å². The Morgan fingerprint density at radius 2 is 1.82 bits per heavy atom. The third kappa shape index (κ3) is 9.74. The molecule has 0 aliphatic carbocycles. The van der Waals surface area contributed by atoms with Crippen molar-refractivity contribution in [3.8, 4) is 0 Å². The van der Waals surface area contributed by atoms with E-state index in [0.717, 1.165) is 5.92 Å². The molecular formula is C11H22. The van der Waals surface area contributed by atoms with E-state index in [-0.39, 0.29) is 0 Å².